The van der Waals surface area contributed by atoms with Crippen molar-refractivity contribution in [3.05, 3.63) is 53.4 Å². The summed E-state index contributed by atoms with van der Waals surface area (Å²) in [5.74, 6) is -0.670. The molecule has 0 atom stereocenters. The van der Waals surface area contributed by atoms with Gasteiger partial charge in [0.25, 0.3) is 10.0 Å². The van der Waals surface area contributed by atoms with Gasteiger partial charge in [-0.3, -0.25) is 9.52 Å². The molecular weight excluding hydrogens is 388 g/mol. The summed E-state index contributed by atoms with van der Waals surface area (Å²) < 4.78 is 33.2. The highest BCUT2D eigenvalue weighted by Gasteiger charge is 2.16. The Morgan fingerprint density at radius 1 is 1.00 bits per heavy atom. The maximum absolute atomic E-state index is 12.6. The van der Waals surface area contributed by atoms with Gasteiger partial charge in [0.2, 0.25) is 5.91 Å². The number of ether oxygens (including phenoxy) is 1. The van der Waals surface area contributed by atoms with E-state index in [9.17, 15) is 18.0 Å². The molecular formula is C18H16N2O5S2. The number of sulfonamides is 1. The van der Waals surface area contributed by atoms with Crippen molar-refractivity contribution in [1.82, 2.24) is 0 Å². The van der Waals surface area contributed by atoms with E-state index < -0.39 is 16.0 Å². The molecule has 0 aliphatic heterocycles. The van der Waals surface area contributed by atoms with Crippen LogP contribution in [0.2, 0.25) is 0 Å². The Bertz CT molecular complexity index is 1120. The molecule has 2 N–H and O–H groups in total. The van der Waals surface area contributed by atoms with Crippen LogP contribution in [0.5, 0.6) is 0 Å². The van der Waals surface area contributed by atoms with Crippen LogP contribution in [0.3, 0.4) is 0 Å². The fourth-order valence-electron chi connectivity index (χ4n) is 2.44. The number of anilines is 2. The van der Waals surface area contributed by atoms with Crippen molar-refractivity contribution in [2.45, 2.75) is 11.8 Å². The Kier molecular flexibility index (Phi) is 5.15. The molecule has 0 spiro atoms. The second-order valence-corrected chi connectivity index (χ2v) is 8.43. The van der Waals surface area contributed by atoms with Crippen LogP contribution < -0.4 is 10.0 Å². The van der Waals surface area contributed by atoms with E-state index in [-0.39, 0.29) is 10.8 Å². The normalized spacial score (nSPS) is 11.2. The highest BCUT2D eigenvalue weighted by atomic mass is 32.2. The van der Waals surface area contributed by atoms with Crippen LogP contribution in [0, 0.1) is 0 Å². The number of methoxy groups -OCH3 is 1. The molecule has 0 saturated carbocycles. The van der Waals surface area contributed by atoms with Crippen molar-refractivity contribution >= 4 is 54.7 Å². The average molecular weight is 404 g/mol. The minimum Gasteiger partial charge on any atom is -0.465 e. The lowest BCUT2D eigenvalue weighted by Crippen LogP contribution is -2.13. The molecule has 2 aromatic carbocycles. The number of thiophene rings is 1. The van der Waals surface area contributed by atoms with Gasteiger partial charge in [0.1, 0.15) is 4.88 Å². The molecule has 1 aromatic heterocycles. The molecule has 0 radical (unpaired) electrons. The highest BCUT2D eigenvalue weighted by molar-refractivity contribution is 7.92. The van der Waals surface area contributed by atoms with Gasteiger partial charge in [-0.25, -0.2) is 13.2 Å². The molecule has 1 heterocycles. The SMILES string of the molecule is COC(=O)c1cc2cc(NS(=O)(=O)c3ccc(NC(C)=O)cc3)ccc2s1. The van der Waals surface area contributed by atoms with Crippen molar-refractivity contribution in [1.29, 1.82) is 0 Å². The number of rotatable bonds is 5. The summed E-state index contributed by atoms with van der Waals surface area (Å²) in [5, 5.41) is 3.32. The number of amides is 1. The molecule has 3 aromatic rings. The Labute approximate surface area is 160 Å². The Balaban J connectivity index is 1.84. The quantitative estimate of drug-likeness (QED) is 0.634. The number of nitrogens with one attached hydrogen (secondary N) is 2. The summed E-state index contributed by atoms with van der Waals surface area (Å²) in [7, 11) is -2.48. The molecule has 27 heavy (non-hydrogen) atoms. The van der Waals surface area contributed by atoms with Gasteiger partial charge in [-0.15, -0.1) is 11.3 Å². The number of carbonyl (C=O) groups excluding carboxylic acids is 2. The van der Waals surface area contributed by atoms with E-state index in [1.807, 2.05) is 0 Å². The number of fused-ring (bicyclic) bond motifs is 1. The summed E-state index contributed by atoms with van der Waals surface area (Å²) in [5.41, 5.74) is 0.888. The molecule has 1 amide bonds. The zero-order chi connectivity index (χ0) is 19.6. The third kappa shape index (κ3) is 4.26. The number of hydrogen-bond donors (Lipinski definition) is 2. The van der Waals surface area contributed by atoms with Gasteiger partial charge in [0, 0.05) is 23.0 Å². The predicted molar refractivity (Wildman–Crippen MR) is 105 cm³/mol. The minimum absolute atomic E-state index is 0.0669. The molecule has 0 bridgehead atoms. The maximum Gasteiger partial charge on any atom is 0.348 e. The lowest BCUT2D eigenvalue weighted by molar-refractivity contribution is -0.114. The van der Waals surface area contributed by atoms with E-state index in [0.29, 0.717) is 16.3 Å². The van der Waals surface area contributed by atoms with Gasteiger partial charge in [-0.2, -0.15) is 0 Å². The highest BCUT2D eigenvalue weighted by Crippen LogP contribution is 2.29. The van der Waals surface area contributed by atoms with E-state index in [1.54, 1.807) is 24.3 Å². The summed E-state index contributed by atoms with van der Waals surface area (Å²) in [6, 6.07) is 12.5. The van der Waals surface area contributed by atoms with Crippen LogP contribution in [-0.2, 0) is 19.6 Å². The third-order valence-corrected chi connectivity index (χ3v) is 6.13. The van der Waals surface area contributed by atoms with Gasteiger partial charge < -0.3 is 10.1 Å². The van der Waals surface area contributed by atoms with Gasteiger partial charge in [0.15, 0.2) is 0 Å². The van der Waals surface area contributed by atoms with Crippen molar-refractivity contribution in [3.63, 3.8) is 0 Å². The molecule has 140 valence electrons. The molecule has 9 heteroatoms. The van der Waals surface area contributed by atoms with Crippen LogP contribution in [0.25, 0.3) is 10.1 Å². The molecule has 7 nitrogen and oxygen atoms in total. The van der Waals surface area contributed by atoms with Crippen LogP contribution >= 0.6 is 11.3 Å². The summed E-state index contributed by atoms with van der Waals surface area (Å²) in [6.45, 7) is 1.37. The van der Waals surface area contributed by atoms with E-state index in [4.69, 9.17) is 4.74 Å². The summed E-state index contributed by atoms with van der Waals surface area (Å²) in [4.78, 5) is 23.2. The molecule has 0 unspecified atom stereocenters. The zero-order valence-electron chi connectivity index (χ0n) is 14.5. The summed E-state index contributed by atoms with van der Waals surface area (Å²) >= 11 is 1.27. The number of benzene rings is 2. The first-order valence-corrected chi connectivity index (χ1v) is 10.1. The van der Waals surface area contributed by atoms with Crippen molar-refractivity contribution in [2.75, 3.05) is 17.1 Å². The van der Waals surface area contributed by atoms with E-state index in [0.717, 1.165) is 10.1 Å². The smallest absolute Gasteiger partial charge is 0.348 e. The van der Waals surface area contributed by atoms with Crippen LogP contribution in [0.15, 0.2) is 53.4 Å². The van der Waals surface area contributed by atoms with Gasteiger partial charge in [-0.05, 0) is 53.9 Å². The zero-order valence-corrected chi connectivity index (χ0v) is 16.1. The van der Waals surface area contributed by atoms with Crippen molar-refractivity contribution in [3.8, 4) is 0 Å². The maximum atomic E-state index is 12.6. The Morgan fingerprint density at radius 2 is 1.67 bits per heavy atom. The van der Waals surface area contributed by atoms with Crippen LogP contribution in [-0.4, -0.2) is 27.4 Å². The first-order valence-electron chi connectivity index (χ1n) is 7.81. The average Bonchev–Trinajstić information content (AvgIpc) is 3.04. The van der Waals surface area contributed by atoms with E-state index >= 15 is 0 Å². The largest absolute Gasteiger partial charge is 0.465 e. The van der Waals surface area contributed by atoms with Crippen molar-refractivity contribution < 1.29 is 22.7 Å². The monoisotopic (exact) mass is 404 g/mol. The van der Waals surface area contributed by atoms with E-state index in [2.05, 4.69) is 10.0 Å². The standard InChI is InChI=1S/C18H16N2O5S2/c1-11(21)19-13-3-6-15(7-4-13)27(23,24)20-14-5-8-16-12(9-14)10-17(26-16)18(22)25-2/h3-10,20H,1-2H3,(H,19,21). The first-order chi connectivity index (χ1) is 12.8. The minimum atomic E-state index is -3.79. The number of esters is 1. The fraction of sp³-hybridized carbons (Fsp3) is 0.111. The molecule has 0 fully saturated rings. The van der Waals surface area contributed by atoms with Gasteiger partial charge in [0.05, 0.1) is 12.0 Å². The van der Waals surface area contributed by atoms with Crippen LogP contribution in [0.4, 0.5) is 11.4 Å². The molecule has 0 saturated heterocycles. The van der Waals surface area contributed by atoms with E-state index in [1.165, 1.54) is 49.6 Å². The summed E-state index contributed by atoms with van der Waals surface area (Å²) in [6.07, 6.45) is 0. The second kappa shape index (κ2) is 7.37. The molecule has 0 aliphatic carbocycles. The van der Waals surface area contributed by atoms with Gasteiger partial charge in [-0.1, -0.05) is 0 Å². The third-order valence-electron chi connectivity index (χ3n) is 3.64. The first kappa shape index (κ1) is 18.9. The molecule has 3 rings (SSSR count). The lowest BCUT2D eigenvalue weighted by Gasteiger charge is -2.09. The topological polar surface area (TPSA) is 102 Å². The lowest BCUT2D eigenvalue weighted by atomic mass is 10.2. The number of hydrogen-bond acceptors (Lipinski definition) is 6. The van der Waals surface area contributed by atoms with Crippen LogP contribution in [0.1, 0.15) is 16.6 Å². The van der Waals surface area contributed by atoms with Crippen molar-refractivity contribution in [2.24, 2.45) is 0 Å². The number of carbonyl (C=O) groups is 2. The van der Waals surface area contributed by atoms with Gasteiger partial charge >= 0.3 is 5.97 Å². The second-order valence-electron chi connectivity index (χ2n) is 5.67. The Morgan fingerprint density at radius 3 is 2.30 bits per heavy atom. The molecule has 0 aliphatic rings. The Hall–Kier alpha value is -2.91. The predicted octanol–water partition coefficient (Wildman–Crippen LogP) is 3.45. The fourth-order valence-corrected chi connectivity index (χ4v) is 4.45.